The molecule has 0 saturated heterocycles. The Balaban J connectivity index is 2.42. The number of carbonyl (C=O) groups excluding carboxylic acids is 1. The molecule has 14 heavy (non-hydrogen) atoms. The number of hydrogen-bond donors (Lipinski definition) is 1. The highest BCUT2D eigenvalue weighted by atomic mass is 16.1. The van der Waals surface area contributed by atoms with Crippen molar-refractivity contribution in [3.05, 3.63) is 24.5 Å². The van der Waals surface area contributed by atoms with Crippen LogP contribution in [0.25, 0.3) is 0 Å². The van der Waals surface area contributed by atoms with Crippen LogP contribution < -0.4 is 5.32 Å². The van der Waals surface area contributed by atoms with Gasteiger partial charge in [-0.3, -0.25) is 9.78 Å². The number of rotatable bonds is 4. The quantitative estimate of drug-likeness (QED) is 0.796. The third-order valence-corrected chi connectivity index (χ3v) is 2.19. The minimum atomic E-state index is 0.0746. The van der Waals surface area contributed by atoms with E-state index in [0.717, 1.165) is 12.1 Å². The number of pyridine rings is 1. The molecule has 1 aromatic heterocycles. The van der Waals surface area contributed by atoms with Crippen molar-refractivity contribution in [3.8, 4) is 0 Å². The number of nitrogens with zero attached hydrogens (tertiary/aromatic N) is 1. The van der Waals surface area contributed by atoms with Crippen LogP contribution in [0.5, 0.6) is 0 Å². The first-order valence-electron chi connectivity index (χ1n) is 4.92. The minimum Gasteiger partial charge on any atom is -0.326 e. The highest BCUT2D eigenvalue weighted by Crippen LogP contribution is 2.09. The molecule has 3 heteroatoms. The smallest absolute Gasteiger partial charge is 0.224 e. The molecule has 76 valence electrons. The predicted molar refractivity (Wildman–Crippen MR) is 56.9 cm³/mol. The van der Waals surface area contributed by atoms with Gasteiger partial charge in [-0.05, 0) is 18.1 Å². The molecule has 0 aliphatic heterocycles. The summed E-state index contributed by atoms with van der Waals surface area (Å²) in [6.45, 7) is 4.16. The Hall–Kier alpha value is -1.38. The summed E-state index contributed by atoms with van der Waals surface area (Å²) in [7, 11) is 0. The van der Waals surface area contributed by atoms with Crippen molar-refractivity contribution < 1.29 is 4.79 Å². The Kier molecular flexibility index (Phi) is 4.11. The van der Waals surface area contributed by atoms with Gasteiger partial charge in [0.15, 0.2) is 0 Å². The molecule has 0 aromatic carbocycles. The van der Waals surface area contributed by atoms with Crippen LogP contribution in [0.15, 0.2) is 24.5 Å². The Labute approximate surface area is 84.6 Å². The molecule has 0 aliphatic carbocycles. The fourth-order valence-electron chi connectivity index (χ4n) is 1.11. The summed E-state index contributed by atoms with van der Waals surface area (Å²) in [5.74, 6) is 0.516. The molecule has 0 saturated carbocycles. The second-order valence-electron chi connectivity index (χ2n) is 3.50. The Morgan fingerprint density at radius 2 is 2.14 bits per heavy atom. The van der Waals surface area contributed by atoms with Gasteiger partial charge < -0.3 is 5.32 Å². The molecule has 0 fully saturated rings. The number of aromatic nitrogens is 1. The number of amides is 1. The zero-order valence-corrected chi connectivity index (χ0v) is 8.66. The summed E-state index contributed by atoms with van der Waals surface area (Å²) in [4.78, 5) is 15.3. The minimum absolute atomic E-state index is 0.0746. The third kappa shape index (κ3) is 3.56. The van der Waals surface area contributed by atoms with E-state index in [9.17, 15) is 4.79 Å². The van der Waals surface area contributed by atoms with Crippen molar-refractivity contribution in [2.75, 3.05) is 5.32 Å². The molecule has 1 amide bonds. The first-order valence-corrected chi connectivity index (χ1v) is 4.92. The van der Waals surface area contributed by atoms with Gasteiger partial charge in [-0.1, -0.05) is 20.3 Å². The summed E-state index contributed by atoms with van der Waals surface area (Å²) < 4.78 is 0. The van der Waals surface area contributed by atoms with Gasteiger partial charge in [-0.25, -0.2) is 0 Å². The largest absolute Gasteiger partial charge is 0.326 e. The molecular formula is C11H16N2O. The molecule has 1 unspecified atom stereocenters. The molecule has 1 heterocycles. The van der Waals surface area contributed by atoms with Crippen LogP contribution in [0.3, 0.4) is 0 Å². The van der Waals surface area contributed by atoms with Gasteiger partial charge >= 0.3 is 0 Å². The van der Waals surface area contributed by atoms with Gasteiger partial charge in [-0.2, -0.15) is 0 Å². The molecule has 0 spiro atoms. The molecule has 3 nitrogen and oxygen atoms in total. The van der Waals surface area contributed by atoms with Crippen LogP contribution in [0.1, 0.15) is 26.7 Å². The normalized spacial score (nSPS) is 12.1. The highest BCUT2D eigenvalue weighted by Gasteiger charge is 2.06. The van der Waals surface area contributed by atoms with E-state index in [4.69, 9.17) is 0 Å². The maximum absolute atomic E-state index is 11.5. The van der Waals surface area contributed by atoms with Gasteiger partial charge in [0.2, 0.25) is 5.91 Å². The van der Waals surface area contributed by atoms with Crippen molar-refractivity contribution >= 4 is 11.6 Å². The van der Waals surface area contributed by atoms with E-state index < -0.39 is 0 Å². The predicted octanol–water partition coefficient (Wildman–Crippen LogP) is 2.46. The van der Waals surface area contributed by atoms with Crippen LogP contribution >= 0.6 is 0 Å². The lowest BCUT2D eigenvalue weighted by Gasteiger charge is -2.08. The van der Waals surface area contributed by atoms with E-state index in [1.165, 1.54) is 0 Å². The monoisotopic (exact) mass is 192 g/mol. The van der Waals surface area contributed by atoms with E-state index in [0.29, 0.717) is 12.3 Å². The summed E-state index contributed by atoms with van der Waals surface area (Å²) >= 11 is 0. The lowest BCUT2D eigenvalue weighted by Crippen LogP contribution is -2.14. The number of nitrogens with one attached hydrogen (secondary N) is 1. The Bertz CT molecular complexity index is 285. The van der Waals surface area contributed by atoms with Gasteiger partial charge in [0.05, 0.1) is 0 Å². The summed E-state index contributed by atoms with van der Waals surface area (Å²) in [5.41, 5.74) is 0.813. The van der Waals surface area contributed by atoms with Crippen molar-refractivity contribution in [3.63, 3.8) is 0 Å². The maximum atomic E-state index is 11.5. The average Bonchev–Trinajstić information content (AvgIpc) is 2.19. The van der Waals surface area contributed by atoms with Crippen molar-refractivity contribution in [2.24, 2.45) is 5.92 Å². The molecule has 1 atom stereocenters. The first kappa shape index (κ1) is 10.7. The third-order valence-electron chi connectivity index (χ3n) is 2.19. The fraction of sp³-hybridized carbons (Fsp3) is 0.455. The molecule has 0 aliphatic rings. The summed E-state index contributed by atoms with van der Waals surface area (Å²) in [6.07, 6.45) is 4.94. The Morgan fingerprint density at radius 3 is 2.71 bits per heavy atom. The number of hydrogen-bond acceptors (Lipinski definition) is 2. The van der Waals surface area contributed by atoms with Crippen LogP contribution in [0.2, 0.25) is 0 Å². The van der Waals surface area contributed by atoms with E-state index >= 15 is 0 Å². The van der Waals surface area contributed by atoms with Gasteiger partial charge in [0.1, 0.15) is 0 Å². The van der Waals surface area contributed by atoms with E-state index in [-0.39, 0.29) is 5.91 Å². The van der Waals surface area contributed by atoms with Crippen LogP contribution in [0, 0.1) is 5.92 Å². The topological polar surface area (TPSA) is 42.0 Å². The van der Waals surface area contributed by atoms with Crippen LogP contribution in [-0.2, 0) is 4.79 Å². The first-order chi connectivity index (χ1) is 6.72. The van der Waals surface area contributed by atoms with Gasteiger partial charge in [0.25, 0.3) is 0 Å². The molecule has 0 radical (unpaired) electrons. The maximum Gasteiger partial charge on any atom is 0.224 e. The van der Waals surface area contributed by atoms with Crippen LogP contribution in [-0.4, -0.2) is 10.9 Å². The molecule has 1 rings (SSSR count). The molecular weight excluding hydrogens is 176 g/mol. The van der Waals surface area contributed by atoms with Crippen molar-refractivity contribution in [1.82, 2.24) is 4.98 Å². The molecule has 1 aromatic rings. The van der Waals surface area contributed by atoms with Crippen LogP contribution in [0.4, 0.5) is 5.69 Å². The van der Waals surface area contributed by atoms with Crippen molar-refractivity contribution in [1.29, 1.82) is 0 Å². The molecule has 1 N–H and O–H groups in total. The summed E-state index contributed by atoms with van der Waals surface area (Å²) in [6, 6.07) is 3.57. The number of anilines is 1. The zero-order valence-electron chi connectivity index (χ0n) is 8.66. The average molecular weight is 192 g/mol. The lowest BCUT2D eigenvalue weighted by molar-refractivity contribution is -0.117. The van der Waals surface area contributed by atoms with E-state index in [1.54, 1.807) is 24.5 Å². The van der Waals surface area contributed by atoms with Crippen molar-refractivity contribution in [2.45, 2.75) is 26.7 Å². The van der Waals surface area contributed by atoms with Gasteiger partial charge in [-0.15, -0.1) is 0 Å². The Morgan fingerprint density at radius 1 is 1.50 bits per heavy atom. The zero-order chi connectivity index (χ0) is 10.4. The standard InChI is InChI=1S/C11H16N2O/c1-3-9(2)8-11(14)13-10-4-6-12-7-5-10/h4-7,9H,3,8H2,1-2H3,(H,12,13,14). The van der Waals surface area contributed by atoms with E-state index in [2.05, 4.69) is 24.1 Å². The summed E-state index contributed by atoms with van der Waals surface area (Å²) in [5, 5.41) is 2.83. The highest BCUT2D eigenvalue weighted by molar-refractivity contribution is 5.90. The fourth-order valence-corrected chi connectivity index (χ4v) is 1.11. The second-order valence-corrected chi connectivity index (χ2v) is 3.50. The second kappa shape index (κ2) is 5.37. The SMILES string of the molecule is CCC(C)CC(=O)Nc1ccncc1. The lowest BCUT2D eigenvalue weighted by atomic mass is 10.1. The van der Waals surface area contributed by atoms with Gasteiger partial charge in [0, 0.05) is 24.5 Å². The number of carbonyl (C=O) groups is 1. The van der Waals surface area contributed by atoms with E-state index in [1.807, 2.05) is 0 Å². The molecule has 0 bridgehead atoms.